The van der Waals surface area contributed by atoms with Crippen molar-refractivity contribution in [2.24, 2.45) is 5.73 Å². The third-order valence-corrected chi connectivity index (χ3v) is 2.74. The second-order valence-electron chi connectivity index (χ2n) is 4.45. The van der Waals surface area contributed by atoms with Crippen molar-refractivity contribution in [3.8, 4) is 11.8 Å². The average molecular weight is 241 g/mol. The maximum atomic E-state index is 8.82. The number of hydrogen-bond donors (Lipinski definition) is 1. The monoisotopic (exact) mass is 241 g/mol. The van der Waals surface area contributed by atoms with Crippen molar-refractivity contribution in [2.75, 3.05) is 6.61 Å². The topological polar surface area (TPSA) is 71.9 Å². The summed E-state index contributed by atoms with van der Waals surface area (Å²) in [6.07, 6.45) is 2.24. The van der Waals surface area contributed by atoms with Gasteiger partial charge in [-0.2, -0.15) is 5.26 Å². The summed E-state index contributed by atoms with van der Waals surface area (Å²) >= 11 is 0. The van der Waals surface area contributed by atoms with Crippen LogP contribution in [0.4, 0.5) is 0 Å². The molecule has 2 rings (SSSR count). The Kier molecular flexibility index (Phi) is 3.45. The van der Waals surface area contributed by atoms with Gasteiger partial charge >= 0.3 is 0 Å². The van der Waals surface area contributed by atoms with E-state index < -0.39 is 5.54 Å². The number of hydrogen-bond acceptors (Lipinski definition) is 4. The SMILES string of the molecule is CC(N)(C#N)CCOc1cccc2ncccc12. The van der Waals surface area contributed by atoms with Crippen molar-refractivity contribution < 1.29 is 4.74 Å². The van der Waals surface area contributed by atoms with Crippen molar-refractivity contribution in [3.05, 3.63) is 36.5 Å². The highest BCUT2D eigenvalue weighted by Gasteiger charge is 2.17. The summed E-state index contributed by atoms with van der Waals surface area (Å²) in [5.41, 5.74) is 5.79. The van der Waals surface area contributed by atoms with Gasteiger partial charge in [0.15, 0.2) is 0 Å². The molecule has 4 nitrogen and oxygen atoms in total. The molecule has 1 aromatic heterocycles. The van der Waals surface area contributed by atoms with Crippen LogP contribution >= 0.6 is 0 Å². The number of pyridine rings is 1. The molecule has 0 amide bonds. The Balaban J connectivity index is 2.11. The lowest BCUT2D eigenvalue weighted by atomic mass is 10.0. The number of aromatic nitrogens is 1. The first-order chi connectivity index (χ1) is 8.62. The standard InChI is InChI=1S/C14H15N3O/c1-14(16,10-15)7-9-18-13-6-2-5-12-11(13)4-3-8-17-12/h2-6,8H,7,9,16H2,1H3. The molecule has 2 N–H and O–H groups in total. The predicted octanol–water partition coefficient (Wildman–Crippen LogP) is 2.24. The number of benzene rings is 1. The molecule has 18 heavy (non-hydrogen) atoms. The maximum Gasteiger partial charge on any atom is 0.128 e. The van der Waals surface area contributed by atoms with Crippen molar-refractivity contribution in [1.82, 2.24) is 4.98 Å². The number of nitriles is 1. The molecular weight excluding hydrogens is 226 g/mol. The van der Waals surface area contributed by atoms with Gasteiger partial charge in [0, 0.05) is 18.0 Å². The fourth-order valence-electron chi connectivity index (χ4n) is 1.63. The summed E-state index contributed by atoms with van der Waals surface area (Å²) in [5, 5.41) is 9.79. The molecule has 0 bridgehead atoms. The molecule has 4 heteroatoms. The van der Waals surface area contributed by atoms with Crippen LogP contribution in [0.25, 0.3) is 10.9 Å². The van der Waals surface area contributed by atoms with Crippen molar-refractivity contribution in [2.45, 2.75) is 18.9 Å². The first-order valence-corrected chi connectivity index (χ1v) is 5.79. The van der Waals surface area contributed by atoms with Gasteiger partial charge in [-0.25, -0.2) is 0 Å². The fraction of sp³-hybridized carbons (Fsp3) is 0.286. The lowest BCUT2D eigenvalue weighted by Gasteiger charge is -2.16. The Morgan fingerprint density at radius 2 is 2.22 bits per heavy atom. The first-order valence-electron chi connectivity index (χ1n) is 5.79. The smallest absolute Gasteiger partial charge is 0.128 e. The number of rotatable bonds is 4. The molecule has 0 saturated carbocycles. The molecule has 0 aliphatic carbocycles. The van der Waals surface area contributed by atoms with Gasteiger partial charge in [0.1, 0.15) is 11.3 Å². The molecule has 0 aliphatic heterocycles. The van der Waals surface area contributed by atoms with E-state index in [2.05, 4.69) is 11.1 Å². The van der Waals surface area contributed by atoms with Crippen molar-refractivity contribution >= 4 is 10.9 Å². The fourth-order valence-corrected chi connectivity index (χ4v) is 1.63. The molecule has 1 heterocycles. The summed E-state index contributed by atoms with van der Waals surface area (Å²) in [6, 6.07) is 11.6. The molecule has 1 atom stereocenters. The number of fused-ring (bicyclic) bond motifs is 1. The minimum absolute atomic E-state index is 0.411. The number of ether oxygens (including phenoxy) is 1. The normalized spacial score (nSPS) is 13.8. The minimum Gasteiger partial charge on any atom is -0.493 e. The van der Waals surface area contributed by atoms with Gasteiger partial charge in [-0.15, -0.1) is 0 Å². The van der Waals surface area contributed by atoms with Crippen LogP contribution in [0.5, 0.6) is 5.75 Å². The molecule has 1 aromatic carbocycles. The second kappa shape index (κ2) is 5.03. The molecule has 0 radical (unpaired) electrons. The molecule has 2 aromatic rings. The Hall–Kier alpha value is -2.12. The highest BCUT2D eigenvalue weighted by Crippen LogP contribution is 2.24. The van der Waals surface area contributed by atoms with Crippen LogP contribution in [0.3, 0.4) is 0 Å². The second-order valence-corrected chi connectivity index (χ2v) is 4.45. The van der Waals surface area contributed by atoms with Crippen LogP contribution in [0.2, 0.25) is 0 Å². The summed E-state index contributed by atoms with van der Waals surface area (Å²) in [7, 11) is 0. The van der Waals surface area contributed by atoms with E-state index in [4.69, 9.17) is 15.7 Å². The van der Waals surface area contributed by atoms with E-state index in [0.717, 1.165) is 16.7 Å². The minimum atomic E-state index is -0.844. The predicted molar refractivity (Wildman–Crippen MR) is 70.1 cm³/mol. The van der Waals surface area contributed by atoms with Crippen molar-refractivity contribution in [1.29, 1.82) is 5.26 Å². The van der Waals surface area contributed by atoms with E-state index in [1.54, 1.807) is 13.1 Å². The lowest BCUT2D eigenvalue weighted by molar-refractivity contribution is 0.289. The Bertz CT molecular complexity index is 582. The molecule has 0 aliphatic rings. The maximum absolute atomic E-state index is 8.82. The quantitative estimate of drug-likeness (QED) is 0.891. The summed E-state index contributed by atoms with van der Waals surface area (Å²) in [5.74, 6) is 0.773. The molecule has 0 fully saturated rings. The molecule has 92 valence electrons. The molecule has 0 spiro atoms. The van der Waals surface area contributed by atoms with Crippen LogP contribution < -0.4 is 10.5 Å². The van der Waals surface area contributed by atoms with E-state index in [9.17, 15) is 0 Å². The van der Waals surface area contributed by atoms with Crippen LogP contribution in [0.1, 0.15) is 13.3 Å². The van der Waals surface area contributed by atoms with Crippen LogP contribution in [-0.2, 0) is 0 Å². The summed E-state index contributed by atoms with van der Waals surface area (Å²) < 4.78 is 5.69. The van der Waals surface area contributed by atoms with Crippen LogP contribution in [0.15, 0.2) is 36.5 Å². The Morgan fingerprint density at radius 3 is 3.00 bits per heavy atom. The average Bonchev–Trinajstić information content (AvgIpc) is 2.39. The van der Waals surface area contributed by atoms with E-state index in [1.165, 1.54) is 0 Å². The van der Waals surface area contributed by atoms with E-state index in [-0.39, 0.29) is 0 Å². The van der Waals surface area contributed by atoms with Gasteiger partial charge in [0.2, 0.25) is 0 Å². The first kappa shape index (κ1) is 12.3. The van der Waals surface area contributed by atoms with Gasteiger partial charge in [-0.1, -0.05) is 6.07 Å². The zero-order valence-corrected chi connectivity index (χ0v) is 10.3. The zero-order chi connectivity index (χ0) is 13.0. The number of nitrogens with zero attached hydrogens (tertiary/aromatic N) is 2. The van der Waals surface area contributed by atoms with Crippen LogP contribution in [-0.4, -0.2) is 17.1 Å². The van der Waals surface area contributed by atoms with E-state index in [1.807, 2.05) is 30.3 Å². The largest absolute Gasteiger partial charge is 0.493 e. The van der Waals surface area contributed by atoms with Gasteiger partial charge in [-0.05, 0) is 31.2 Å². The number of nitrogens with two attached hydrogens (primary N) is 1. The van der Waals surface area contributed by atoms with Crippen LogP contribution in [0, 0.1) is 11.3 Å². The van der Waals surface area contributed by atoms with Gasteiger partial charge < -0.3 is 10.5 Å². The highest BCUT2D eigenvalue weighted by atomic mass is 16.5. The van der Waals surface area contributed by atoms with Gasteiger partial charge in [-0.3, -0.25) is 4.98 Å². The molecular formula is C14H15N3O. The van der Waals surface area contributed by atoms with E-state index >= 15 is 0 Å². The summed E-state index contributed by atoms with van der Waals surface area (Å²) in [4.78, 5) is 4.26. The zero-order valence-electron chi connectivity index (χ0n) is 10.3. The third kappa shape index (κ3) is 2.76. The van der Waals surface area contributed by atoms with Gasteiger partial charge in [0.05, 0.1) is 18.2 Å². The molecule has 0 saturated heterocycles. The van der Waals surface area contributed by atoms with Gasteiger partial charge in [0.25, 0.3) is 0 Å². The lowest BCUT2D eigenvalue weighted by Crippen LogP contribution is -2.35. The summed E-state index contributed by atoms with van der Waals surface area (Å²) in [6.45, 7) is 2.11. The third-order valence-electron chi connectivity index (χ3n) is 2.74. The molecule has 1 unspecified atom stereocenters. The Morgan fingerprint density at radius 1 is 1.39 bits per heavy atom. The highest BCUT2D eigenvalue weighted by molar-refractivity contribution is 5.84. The van der Waals surface area contributed by atoms with Crippen molar-refractivity contribution in [3.63, 3.8) is 0 Å². The van der Waals surface area contributed by atoms with E-state index in [0.29, 0.717) is 13.0 Å². The Labute approximate surface area is 106 Å².